The van der Waals surface area contributed by atoms with Gasteiger partial charge in [-0.15, -0.1) is 0 Å². The lowest BCUT2D eigenvalue weighted by atomic mass is 10.1. The molecule has 0 aliphatic heterocycles. The Balaban J connectivity index is 1.95. The number of hydrogen-bond acceptors (Lipinski definition) is 6. The van der Waals surface area contributed by atoms with Crippen molar-refractivity contribution in [2.75, 3.05) is 12.0 Å². The SMILES string of the molecule is COC(=O)c1ccc(CN(C(=O)Oc2ccc([N+](=O)[O-])cc2)c2ccc(Cl)c(C(F)(F)F)c2)cc1. The molecule has 0 saturated carbocycles. The fourth-order valence-electron chi connectivity index (χ4n) is 3.00. The van der Waals surface area contributed by atoms with Gasteiger partial charge in [0.25, 0.3) is 5.69 Å². The molecule has 0 aromatic heterocycles. The first-order valence-corrected chi connectivity index (χ1v) is 10.1. The minimum absolute atomic E-state index is 0.0587. The fraction of sp³-hybridized carbons (Fsp3) is 0.130. The lowest BCUT2D eigenvalue weighted by Gasteiger charge is -2.23. The number of nitro groups is 1. The van der Waals surface area contributed by atoms with Gasteiger partial charge in [-0.05, 0) is 48.0 Å². The Morgan fingerprint density at radius 1 is 1.03 bits per heavy atom. The summed E-state index contributed by atoms with van der Waals surface area (Å²) in [5.41, 5.74) is -0.847. The Labute approximate surface area is 201 Å². The fourth-order valence-corrected chi connectivity index (χ4v) is 3.22. The first-order chi connectivity index (χ1) is 16.5. The molecule has 0 N–H and O–H groups in total. The van der Waals surface area contributed by atoms with E-state index < -0.39 is 33.7 Å². The van der Waals surface area contributed by atoms with Crippen molar-refractivity contribution in [2.24, 2.45) is 0 Å². The molecular weight excluding hydrogens is 493 g/mol. The smallest absolute Gasteiger partial charge is 0.420 e. The summed E-state index contributed by atoms with van der Waals surface area (Å²) in [5, 5.41) is 10.3. The maximum atomic E-state index is 13.4. The van der Waals surface area contributed by atoms with Gasteiger partial charge in [-0.25, -0.2) is 9.59 Å². The number of alkyl halides is 3. The maximum Gasteiger partial charge on any atom is 0.420 e. The Hall–Kier alpha value is -4.12. The molecule has 0 aliphatic carbocycles. The van der Waals surface area contributed by atoms with Crippen molar-refractivity contribution in [3.05, 3.63) is 98.6 Å². The summed E-state index contributed by atoms with van der Waals surface area (Å²) in [6.07, 6.45) is -5.82. The van der Waals surface area contributed by atoms with Gasteiger partial charge >= 0.3 is 18.2 Å². The molecule has 3 aromatic rings. The molecule has 0 aliphatic rings. The van der Waals surface area contributed by atoms with Gasteiger partial charge in [-0.2, -0.15) is 13.2 Å². The minimum atomic E-state index is -4.77. The van der Waals surface area contributed by atoms with Gasteiger partial charge in [-0.3, -0.25) is 15.0 Å². The molecule has 0 spiro atoms. The minimum Gasteiger partial charge on any atom is -0.465 e. The Morgan fingerprint density at radius 2 is 1.66 bits per heavy atom. The summed E-state index contributed by atoms with van der Waals surface area (Å²) in [6, 6.07) is 13.4. The molecule has 35 heavy (non-hydrogen) atoms. The highest BCUT2D eigenvalue weighted by Crippen LogP contribution is 2.37. The van der Waals surface area contributed by atoms with Crippen molar-refractivity contribution < 1.29 is 37.2 Å². The quantitative estimate of drug-likeness (QED) is 0.221. The molecule has 3 aromatic carbocycles. The van der Waals surface area contributed by atoms with Crippen molar-refractivity contribution in [3.63, 3.8) is 0 Å². The van der Waals surface area contributed by atoms with Crippen LogP contribution < -0.4 is 9.64 Å². The standard InChI is InChI=1S/C23H16ClF3N2O6/c1-34-21(30)15-4-2-14(3-5-15)13-28(17-8-11-20(24)19(12-17)23(25,26)27)22(31)35-18-9-6-16(7-10-18)29(32)33/h2-12H,13H2,1H3. The van der Waals surface area contributed by atoms with Crippen LogP contribution in [0.2, 0.25) is 5.02 Å². The van der Waals surface area contributed by atoms with Gasteiger partial charge < -0.3 is 9.47 Å². The van der Waals surface area contributed by atoms with Gasteiger partial charge in [0.1, 0.15) is 5.75 Å². The zero-order valence-electron chi connectivity index (χ0n) is 17.9. The molecular formula is C23H16ClF3N2O6. The van der Waals surface area contributed by atoms with E-state index in [0.29, 0.717) is 11.6 Å². The number of carbonyl (C=O) groups excluding carboxylic acids is 2. The van der Waals surface area contributed by atoms with Gasteiger partial charge in [-0.1, -0.05) is 23.7 Å². The number of halogens is 4. The number of amides is 1. The van der Waals surface area contributed by atoms with Crippen molar-refractivity contribution in [1.82, 2.24) is 0 Å². The number of ether oxygens (including phenoxy) is 2. The van der Waals surface area contributed by atoms with E-state index in [4.69, 9.17) is 16.3 Å². The number of nitro benzene ring substituents is 1. The molecule has 0 heterocycles. The number of carbonyl (C=O) groups is 2. The highest BCUT2D eigenvalue weighted by Gasteiger charge is 2.34. The number of hydrogen-bond donors (Lipinski definition) is 0. The van der Waals surface area contributed by atoms with Crippen LogP contribution >= 0.6 is 11.6 Å². The van der Waals surface area contributed by atoms with E-state index in [0.717, 1.165) is 23.1 Å². The predicted molar refractivity (Wildman–Crippen MR) is 120 cm³/mol. The van der Waals surface area contributed by atoms with Crippen molar-refractivity contribution >= 4 is 35.0 Å². The number of methoxy groups -OCH3 is 1. The first-order valence-electron chi connectivity index (χ1n) is 9.77. The zero-order chi connectivity index (χ0) is 25.8. The summed E-state index contributed by atoms with van der Waals surface area (Å²) in [5.74, 6) is -0.643. The average Bonchev–Trinajstić information content (AvgIpc) is 2.82. The van der Waals surface area contributed by atoms with E-state index in [1.807, 2.05) is 0 Å². The third-order valence-corrected chi connectivity index (χ3v) is 5.09. The molecule has 8 nitrogen and oxygen atoms in total. The number of anilines is 1. The number of non-ortho nitro benzene ring substituents is 1. The largest absolute Gasteiger partial charge is 0.465 e. The predicted octanol–water partition coefficient (Wildman–Crippen LogP) is 6.26. The zero-order valence-corrected chi connectivity index (χ0v) is 18.7. The lowest BCUT2D eigenvalue weighted by molar-refractivity contribution is -0.384. The number of esters is 1. The number of rotatable bonds is 6. The van der Waals surface area contributed by atoms with Crippen LogP contribution in [0.15, 0.2) is 66.7 Å². The first kappa shape index (κ1) is 25.5. The average molecular weight is 509 g/mol. The maximum absolute atomic E-state index is 13.4. The Kier molecular flexibility index (Phi) is 7.60. The van der Waals surface area contributed by atoms with Crippen LogP contribution in [-0.4, -0.2) is 24.1 Å². The molecule has 3 rings (SSSR count). The second-order valence-electron chi connectivity index (χ2n) is 7.06. The van der Waals surface area contributed by atoms with Gasteiger partial charge in [0.15, 0.2) is 0 Å². The van der Waals surface area contributed by atoms with Crippen molar-refractivity contribution in [2.45, 2.75) is 12.7 Å². The Morgan fingerprint density at radius 3 is 2.20 bits per heavy atom. The van der Waals surface area contributed by atoms with E-state index in [-0.39, 0.29) is 29.2 Å². The van der Waals surface area contributed by atoms with Crippen LogP contribution in [0.3, 0.4) is 0 Å². The van der Waals surface area contributed by atoms with Crippen LogP contribution in [0.1, 0.15) is 21.5 Å². The summed E-state index contributed by atoms with van der Waals surface area (Å²) in [4.78, 5) is 35.7. The summed E-state index contributed by atoms with van der Waals surface area (Å²) >= 11 is 5.70. The normalized spacial score (nSPS) is 11.0. The van der Waals surface area contributed by atoms with Gasteiger partial charge in [0, 0.05) is 17.8 Å². The molecule has 182 valence electrons. The summed E-state index contributed by atoms with van der Waals surface area (Å²) in [7, 11) is 1.21. The second-order valence-corrected chi connectivity index (χ2v) is 7.46. The van der Waals surface area contributed by atoms with Crippen LogP contribution in [0.5, 0.6) is 5.75 Å². The van der Waals surface area contributed by atoms with Crippen LogP contribution in [0.25, 0.3) is 0 Å². The molecule has 1 amide bonds. The van der Waals surface area contributed by atoms with Crippen LogP contribution in [-0.2, 0) is 17.5 Å². The van der Waals surface area contributed by atoms with E-state index >= 15 is 0 Å². The second kappa shape index (κ2) is 10.4. The van der Waals surface area contributed by atoms with E-state index in [1.165, 1.54) is 49.6 Å². The third-order valence-electron chi connectivity index (χ3n) is 4.76. The van der Waals surface area contributed by atoms with E-state index in [1.54, 1.807) is 0 Å². The monoisotopic (exact) mass is 508 g/mol. The molecule has 0 radical (unpaired) electrons. The van der Waals surface area contributed by atoms with Crippen LogP contribution in [0, 0.1) is 10.1 Å². The molecule has 0 fully saturated rings. The van der Waals surface area contributed by atoms with E-state index in [9.17, 15) is 32.9 Å². The third kappa shape index (κ3) is 6.27. The lowest BCUT2D eigenvalue weighted by Crippen LogP contribution is -2.33. The summed E-state index contributed by atoms with van der Waals surface area (Å²) < 4.78 is 50.1. The van der Waals surface area contributed by atoms with Gasteiger partial charge in [0.05, 0.1) is 34.7 Å². The number of benzene rings is 3. The van der Waals surface area contributed by atoms with E-state index in [2.05, 4.69) is 4.74 Å². The van der Waals surface area contributed by atoms with Crippen molar-refractivity contribution in [1.29, 1.82) is 0 Å². The van der Waals surface area contributed by atoms with Gasteiger partial charge in [0.2, 0.25) is 0 Å². The molecule has 0 saturated heterocycles. The topological polar surface area (TPSA) is 99.0 Å². The molecule has 12 heteroatoms. The van der Waals surface area contributed by atoms with Crippen LogP contribution in [0.4, 0.5) is 29.3 Å². The van der Waals surface area contributed by atoms with Crippen molar-refractivity contribution in [3.8, 4) is 5.75 Å². The highest BCUT2D eigenvalue weighted by atomic mass is 35.5. The molecule has 0 bridgehead atoms. The highest BCUT2D eigenvalue weighted by molar-refractivity contribution is 6.31. The molecule has 0 atom stereocenters. The summed E-state index contributed by atoms with van der Waals surface area (Å²) in [6.45, 7) is -0.230. The number of nitrogens with zero attached hydrogens (tertiary/aromatic N) is 2. The molecule has 0 unspecified atom stereocenters. The Bertz CT molecular complexity index is 1250.